The Balaban J connectivity index is 1.74. The van der Waals surface area contributed by atoms with Gasteiger partial charge in [0.1, 0.15) is 10.8 Å². The maximum Gasteiger partial charge on any atom is 0.267 e. The first kappa shape index (κ1) is 17.6. The molecule has 0 bridgehead atoms. The van der Waals surface area contributed by atoms with Crippen molar-refractivity contribution in [3.05, 3.63) is 66.1 Å². The molecule has 24 heavy (non-hydrogen) atoms. The molecule has 0 aliphatic rings. The number of halogens is 4. The lowest BCUT2D eigenvalue weighted by molar-refractivity contribution is 0.103. The SMILES string of the molecule is O=C(Nc1nn(Cc2ccc(F)cc2)cc1Cl)c1cc(Br)c(Br)s1. The van der Waals surface area contributed by atoms with Crippen LogP contribution in [0.15, 0.2) is 44.8 Å². The van der Waals surface area contributed by atoms with Crippen LogP contribution >= 0.6 is 54.8 Å². The fraction of sp³-hybridized carbons (Fsp3) is 0.0667. The number of benzene rings is 1. The maximum absolute atomic E-state index is 12.9. The van der Waals surface area contributed by atoms with Gasteiger partial charge in [0.2, 0.25) is 0 Å². The Kier molecular flexibility index (Phi) is 5.39. The Labute approximate surface area is 162 Å². The molecule has 0 fully saturated rings. The number of nitrogens with one attached hydrogen (secondary N) is 1. The zero-order valence-electron chi connectivity index (χ0n) is 11.9. The summed E-state index contributed by atoms with van der Waals surface area (Å²) in [4.78, 5) is 12.8. The molecule has 0 saturated heterocycles. The number of thiophene rings is 1. The lowest BCUT2D eigenvalue weighted by atomic mass is 10.2. The second kappa shape index (κ2) is 7.35. The summed E-state index contributed by atoms with van der Waals surface area (Å²) in [5, 5.41) is 7.28. The van der Waals surface area contributed by atoms with E-state index in [1.807, 2.05) is 0 Å². The number of hydrogen-bond acceptors (Lipinski definition) is 3. The van der Waals surface area contributed by atoms with Gasteiger partial charge in [0.05, 0.1) is 15.2 Å². The number of nitrogens with zero attached hydrogens (tertiary/aromatic N) is 2. The minimum atomic E-state index is -0.293. The minimum Gasteiger partial charge on any atom is -0.303 e. The first-order valence-corrected chi connectivity index (χ1v) is 9.44. The summed E-state index contributed by atoms with van der Waals surface area (Å²) < 4.78 is 16.2. The van der Waals surface area contributed by atoms with Crippen LogP contribution in [0.2, 0.25) is 5.02 Å². The van der Waals surface area contributed by atoms with Crippen LogP contribution in [0.4, 0.5) is 10.2 Å². The van der Waals surface area contributed by atoms with E-state index >= 15 is 0 Å². The molecule has 0 aliphatic carbocycles. The fourth-order valence-corrected chi connectivity index (χ4v) is 4.10. The molecular formula is C15H9Br2ClFN3OS. The van der Waals surface area contributed by atoms with Crippen LogP contribution in [0.3, 0.4) is 0 Å². The van der Waals surface area contributed by atoms with E-state index in [9.17, 15) is 9.18 Å². The molecule has 0 spiro atoms. The molecular weight excluding hydrogens is 485 g/mol. The largest absolute Gasteiger partial charge is 0.303 e. The molecule has 9 heteroatoms. The summed E-state index contributed by atoms with van der Waals surface area (Å²) in [6.07, 6.45) is 1.61. The van der Waals surface area contributed by atoms with E-state index in [-0.39, 0.29) is 17.5 Å². The summed E-state index contributed by atoms with van der Waals surface area (Å²) in [7, 11) is 0. The van der Waals surface area contributed by atoms with Crippen molar-refractivity contribution in [2.75, 3.05) is 5.32 Å². The van der Waals surface area contributed by atoms with Gasteiger partial charge in [-0.15, -0.1) is 11.3 Å². The predicted octanol–water partition coefficient (Wildman–Crippen LogP) is 5.56. The van der Waals surface area contributed by atoms with Crippen molar-refractivity contribution >= 4 is 66.5 Å². The van der Waals surface area contributed by atoms with Gasteiger partial charge in [-0.1, -0.05) is 23.7 Å². The van der Waals surface area contributed by atoms with Crippen molar-refractivity contribution in [2.24, 2.45) is 0 Å². The highest BCUT2D eigenvalue weighted by Gasteiger charge is 2.16. The zero-order chi connectivity index (χ0) is 17.3. The third-order valence-corrected chi connectivity index (χ3v) is 6.61. The van der Waals surface area contributed by atoms with Gasteiger partial charge in [0, 0.05) is 10.7 Å². The van der Waals surface area contributed by atoms with Gasteiger partial charge in [-0.3, -0.25) is 9.48 Å². The average molecular weight is 494 g/mol. The van der Waals surface area contributed by atoms with Crippen molar-refractivity contribution in [3.8, 4) is 0 Å². The number of carbonyl (C=O) groups excluding carboxylic acids is 1. The van der Waals surface area contributed by atoms with Gasteiger partial charge in [-0.25, -0.2) is 4.39 Å². The molecule has 1 aromatic carbocycles. The Morgan fingerprint density at radius 2 is 2.04 bits per heavy atom. The van der Waals surface area contributed by atoms with Gasteiger partial charge in [0.15, 0.2) is 5.82 Å². The van der Waals surface area contributed by atoms with Crippen LogP contribution in [0.1, 0.15) is 15.2 Å². The number of carbonyl (C=O) groups is 1. The van der Waals surface area contributed by atoms with E-state index in [1.165, 1.54) is 23.5 Å². The highest BCUT2D eigenvalue weighted by Crippen LogP contribution is 2.33. The molecule has 0 atom stereocenters. The first-order valence-electron chi connectivity index (χ1n) is 6.66. The Morgan fingerprint density at radius 3 is 2.67 bits per heavy atom. The third kappa shape index (κ3) is 4.05. The number of anilines is 1. The first-order chi connectivity index (χ1) is 11.4. The normalized spacial score (nSPS) is 10.8. The van der Waals surface area contributed by atoms with Crippen molar-refractivity contribution in [2.45, 2.75) is 6.54 Å². The van der Waals surface area contributed by atoms with Crippen LogP contribution in [0.25, 0.3) is 0 Å². The van der Waals surface area contributed by atoms with Gasteiger partial charge >= 0.3 is 0 Å². The van der Waals surface area contributed by atoms with E-state index in [0.717, 1.165) is 13.8 Å². The fourth-order valence-electron chi connectivity index (χ4n) is 1.97. The molecule has 3 rings (SSSR count). The number of rotatable bonds is 4. The van der Waals surface area contributed by atoms with E-state index < -0.39 is 0 Å². The quantitative estimate of drug-likeness (QED) is 0.517. The average Bonchev–Trinajstić information content (AvgIpc) is 3.05. The van der Waals surface area contributed by atoms with E-state index in [1.54, 1.807) is 29.1 Å². The van der Waals surface area contributed by atoms with Crippen LogP contribution in [-0.4, -0.2) is 15.7 Å². The standard InChI is InChI=1S/C15H9Br2ClFN3OS/c16-10-5-12(24-13(10)17)15(23)20-14-11(18)7-22(21-14)6-8-1-3-9(19)4-2-8/h1-5,7H,6H2,(H,20,21,23). The molecule has 4 nitrogen and oxygen atoms in total. The van der Waals surface area contributed by atoms with Gasteiger partial charge in [-0.05, 0) is 55.6 Å². The second-order valence-electron chi connectivity index (χ2n) is 4.84. The molecule has 3 aromatic rings. The molecule has 0 saturated carbocycles. The highest BCUT2D eigenvalue weighted by atomic mass is 79.9. The van der Waals surface area contributed by atoms with Crippen molar-refractivity contribution in [1.29, 1.82) is 0 Å². The van der Waals surface area contributed by atoms with Crippen LogP contribution in [0.5, 0.6) is 0 Å². The molecule has 2 aromatic heterocycles. The van der Waals surface area contributed by atoms with Gasteiger partial charge < -0.3 is 5.32 Å². The summed E-state index contributed by atoms with van der Waals surface area (Å²) in [5.74, 6) is -0.303. The van der Waals surface area contributed by atoms with Crippen LogP contribution < -0.4 is 5.32 Å². The Hall–Kier alpha value is -1.22. The van der Waals surface area contributed by atoms with Gasteiger partial charge in [-0.2, -0.15) is 5.10 Å². The number of aromatic nitrogens is 2. The molecule has 1 N–H and O–H groups in total. The van der Waals surface area contributed by atoms with Crippen LogP contribution in [0, 0.1) is 5.82 Å². The summed E-state index contributed by atoms with van der Waals surface area (Å²) in [5.41, 5.74) is 0.875. The van der Waals surface area contributed by atoms with E-state index in [2.05, 4.69) is 42.3 Å². The lowest BCUT2D eigenvalue weighted by Crippen LogP contribution is -2.11. The number of hydrogen-bond donors (Lipinski definition) is 1. The third-order valence-electron chi connectivity index (χ3n) is 3.08. The van der Waals surface area contributed by atoms with E-state index in [0.29, 0.717) is 16.4 Å². The highest BCUT2D eigenvalue weighted by molar-refractivity contribution is 9.13. The van der Waals surface area contributed by atoms with E-state index in [4.69, 9.17) is 11.6 Å². The Morgan fingerprint density at radius 1 is 1.33 bits per heavy atom. The molecule has 0 aliphatic heterocycles. The van der Waals surface area contributed by atoms with Crippen molar-refractivity contribution in [3.63, 3.8) is 0 Å². The van der Waals surface area contributed by atoms with Crippen LogP contribution in [-0.2, 0) is 6.54 Å². The number of amides is 1. The summed E-state index contributed by atoms with van der Waals surface area (Å²) >= 11 is 14.1. The summed E-state index contributed by atoms with van der Waals surface area (Å²) in [6.45, 7) is 0.423. The lowest BCUT2D eigenvalue weighted by Gasteiger charge is -2.02. The smallest absolute Gasteiger partial charge is 0.267 e. The molecule has 2 heterocycles. The van der Waals surface area contributed by atoms with Gasteiger partial charge in [0.25, 0.3) is 5.91 Å². The topological polar surface area (TPSA) is 46.9 Å². The zero-order valence-corrected chi connectivity index (χ0v) is 16.6. The van der Waals surface area contributed by atoms with Crippen molar-refractivity contribution in [1.82, 2.24) is 9.78 Å². The maximum atomic E-state index is 12.9. The molecule has 0 unspecified atom stereocenters. The molecule has 1 amide bonds. The second-order valence-corrected chi connectivity index (χ2v) is 8.47. The molecule has 124 valence electrons. The monoisotopic (exact) mass is 491 g/mol. The minimum absolute atomic E-state index is 0.282. The summed E-state index contributed by atoms with van der Waals surface area (Å²) in [6, 6.07) is 7.83. The predicted molar refractivity (Wildman–Crippen MR) is 100 cm³/mol. The Bertz CT molecular complexity index is 875. The van der Waals surface area contributed by atoms with Crippen molar-refractivity contribution < 1.29 is 9.18 Å². The molecule has 0 radical (unpaired) electrons.